The van der Waals surface area contributed by atoms with Gasteiger partial charge < -0.3 is 20.1 Å². The number of nitrogens with one attached hydrogen (secondary N) is 3. The maximum atomic E-state index is 13.5. The van der Waals surface area contributed by atoms with E-state index in [2.05, 4.69) is 15.4 Å². The molecule has 2 amide bonds. The van der Waals surface area contributed by atoms with Gasteiger partial charge in [0.1, 0.15) is 36.3 Å². The summed E-state index contributed by atoms with van der Waals surface area (Å²) in [5.41, 5.74) is 0.629. The predicted octanol–water partition coefficient (Wildman–Crippen LogP) is 2.24. The second-order valence-electron chi connectivity index (χ2n) is 9.77. The van der Waals surface area contributed by atoms with Crippen molar-refractivity contribution >= 4 is 27.8 Å². The number of methoxy groups -OCH3 is 1. The van der Waals surface area contributed by atoms with Crippen LogP contribution in [0.4, 0.5) is 4.39 Å². The third-order valence-corrected chi connectivity index (χ3v) is 7.62. The molecule has 0 aromatic heterocycles. The second kappa shape index (κ2) is 14.0. The van der Waals surface area contributed by atoms with Gasteiger partial charge in [-0.15, -0.1) is 0 Å². The highest BCUT2D eigenvalue weighted by molar-refractivity contribution is 7.89. The molecule has 2 aliphatic rings. The summed E-state index contributed by atoms with van der Waals surface area (Å²) >= 11 is 0. The summed E-state index contributed by atoms with van der Waals surface area (Å²) in [6.07, 6.45) is 3.70. The quantitative estimate of drug-likeness (QED) is 0.355. The van der Waals surface area contributed by atoms with Crippen molar-refractivity contribution in [1.29, 1.82) is 0 Å². The lowest BCUT2D eigenvalue weighted by Gasteiger charge is -2.25. The van der Waals surface area contributed by atoms with Crippen molar-refractivity contribution in [3.63, 3.8) is 0 Å². The number of ether oxygens (including phenoxy) is 2. The summed E-state index contributed by atoms with van der Waals surface area (Å²) in [6.45, 7) is 3.93. The van der Waals surface area contributed by atoms with Crippen LogP contribution in [0, 0.1) is 11.7 Å². The summed E-state index contributed by atoms with van der Waals surface area (Å²) < 4.78 is 52.5. The summed E-state index contributed by atoms with van der Waals surface area (Å²) in [5.74, 6) is -2.11. The lowest BCUT2D eigenvalue weighted by atomic mass is 10.0. The van der Waals surface area contributed by atoms with E-state index in [-0.39, 0.29) is 36.7 Å². The van der Waals surface area contributed by atoms with Crippen LogP contribution in [0.1, 0.15) is 32.3 Å². The summed E-state index contributed by atoms with van der Waals surface area (Å²) in [6, 6.07) is 7.58. The molecule has 0 aliphatic carbocycles. The summed E-state index contributed by atoms with van der Waals surface area (Å²) in [4.78, 5) is 38.9. The molecular weight excluding hydrogens is 541 g/mol. The first-order chi connectivity index (χ1) is 19.0. The minimum Gasteiger partial charge on any atom is -0.490 e. The Hall–Kier alpha value is -3.77. The smallest absolute Gasteiger partial charge is 0.328 e. The molecule has 3 atom stereocenters. The fourth-order valence-electron chi connectivity index (χ4n) is 4.06. The van der Waals surface area contributed by atoms with Crippen LogP contribution in [0.3, 0.4) is 0 Å². The Labute approximate surface area is 233 Å². The summed E-state index contributed by atoms with van der Waals surface area (Å²) in [7, 11) is -3.03. The topological polar surface area (TPSA) is 140 Å². The largest absolute Gasteiger partial charge is 0.490 e. The van der Waals surface area contributed by atoms with E-state index in [1.807, 2.05) is 13.8 Å². The molecular formula is C28H34FN3O7S. The van der Waals surface area contributed by atoms with E-state index in [1.54, 1.807) is 36.4 Å². The molecule has 12 heteroatoms. The molecule has 0 saturated heterocycles. The zero-order chi connectivity index (χ0) is 29.3. The Bertz CT molecular complexity index is 1310. The molecule has 0 fully saturated rings. The Morgan fingerprint density at radius 1 is 1.05 bits per heavy atom. The van der Waals surface area contributed by atoms with E-state index in [1.165, 1.54) is 7.11 Å². The molecule has 2 aromatic rings. The van der Waals surface area contributed by atoms with Crippen LogP contribution >= 0.6 is 0 Å². The molecule has 2 bridgehead atoms. The van der Waals surface area contributed by atoms with Crippen LogP contribution in [0.2, 0.25) is 0 Å². The maximum Gasteiger partial charge on any atom is 0.328 e. The molecule has 10 nitrogen and oxygen atoms in total. The van der Waals surface area contributed by atoms with Crippen molar-refractivity contribution < 1.29 is 36.7 Å². The van der Waals surface area contributed by atoms with Gasteiger partial charge in [0, 0.05) is 0 Å². The predicted molar refractivity (Wildman–Crippen MR) is 145 cm³/mol. The number of halogens is 1. The Balaban J connectivity index is 1.97. The molecule has 2 heterocycles. The van der Waals surface area contributed by atoms with Crippen LogP contribution < -0.4 is 20.1 Å². The highest BCUT2D eigenvalue weighted by Crippen LogP contribution is 2.17. The van der Waals surface area contributed by atoms with E-state index in [4.69, 9.17) is 9.47 Å². The van der Waals surface area contributed by atoms with E-state index in [9.17, 15) is 27.2 Å². The van der Waals surface area contributed by atoms with Crippen molar-refractivity contribution in [3.05, 3.63) is 72.1 Å². The number of amides is 2. The highest BCUT2D eigenvalue weighted by atomic mass is 32.2. The minimum absolute atomic E-state index is 0.0271. The molecule has 2 aromatic carbocycles. The number of carbonyl (C=O) groups is 3. The number of hydrogen-bond acceptors (Lipinski definition) is 7. The van der Waals surface area contributed by atoms with Gasteiger partial charge in [0.05, 0.1) is 12.0 Å². The van der Waals surface area contributed by atoms with Crippen molar-refractivity contribution in [3.8, 4) is 5.75 Å². The van der Waals surface area contributed by atoms with E-state index >= 15 is 0 Å². The molecule has 0 saturated carbocycles. The number of sulfonamides is 1. The highest BCUT2D eigenvalue weighted by Gasteiger charge is 2.32. The van der Waals surface area contributed by atoms with Gasteiger partial charge in [0.15, 0.2) is 0 Å². The van der Waals surface area contributed by atoms with Gasteiger partial charge in [-0.1, -0.05) is 38.1 Å². The van der Waals surface area contributed by atoms with E-state index in [0.29, 0.717) is 11.3 Å². The molecule has 216 valence electrons. The van der Waals surface area contributed by atoms with Gasteiger partial charge in [0.2, 0.25) is 21.8 Å². The van der Waals surface area contributed by atoms with Gasteiger partial charge in [-0.2, -0.15) is 4.72 Å². The zero-order valence-corrected chi connectivity index (χ0v) is 23.4. The lowest BCUT2D eigenvalue weighted by Crippen LogP contribution is -2.56. The van der Waals surface area contributed by atoms with Gasteiger partial charge in [-0.25, -0.2) is 17.6 Å². The standard InChI is InChI=1S/C28H34FN3O7S/c1-18(2)16-24-26(33)30-23(28(35)38-3)6-4-5-15-39-21-11-7-19(8-12-21)17-25(27(34)31-24)32-40(36,37)22-13-9-20(29)10-14-22/h4-5,7-14,18,23-25,32H,6,15-17H2,1-3H3,(H,30,33)(H,31,34)/t23?,24-,25-/m0/s1. The van der Waals surface area contributed by atoms with Crippen LogP contribution in [0.25, 0.3) is 0 Å². The number of esters is 1. The number of benzene rings is 2. The average molecular weight is 576 g/mol. The Morgan fingerprint density at radius 3 is 2.35 bits per heavy atom. The number of rotatable bonds is 6. The first-order valence-corrected chi connectivity index (χ1v) is 14.3. The van der Waals surface area contributed by atoms with Crippen molar-refractivity contribution in [1.82, 2.24) is 15.4 Å². The van der Waals surface area contributed by atoms with Crippen LogP contribution in [0.5, 0.6) is 5.75 Å². The second-order valence-corrected chi connectivity index (χ2v) is 11.5. The SMILES string of the molecule is COC(=O)C1CC=CCOc2ccc(cc2)C[C@H](NS(=O)(=O)c2ccc(F)cc2)C(=O)N[C@@H](CC(C)C)C(=O)N1. The fourth-order valence-corrected chi connectivity index (χ4v) is 5.26. The monoisotopic (exact) mass is 575 g/mol. The van der Waals surface area contributed by atoms with Gasteiger partial charge in [-0.3, -0.25) is 9.59 Å². The third kappa shape index (κ3) is 8.88. The fraction of sp³-hybridized carbons (Fsp3) is 0.393. The van der Waals surface area contributed by atoms with Crippen LogP contribution in [-0.2, 0) is 35.6 Å². The van der Waals surface area contributed by atoms with Crippen molar-refractivity contribution in [2.24, 2.45) is 5.92 Å². The average Bonchev–Trinajstić information content (AvgIpc) is 2.91. The Morgan fingerprint density at radius 2 is 1.73 bits per heavy atom. The van der Waals surface area contributed by atoms with E-state index in [0.717, 1.165) is 24.3 Å². The molecule has 1 unspecified atom stereocenters. The molecule has 2 aliphatic heterocycles. The van der Waals surface area contributed by atoms with Crippen LogP contribution in [0.15, 0.2) is 65.6 Å². The minimum atomic E-state index is -4.24. The van der Waals surface area contributed by atoms with Crippen LogP contribution in [-0.4, -0.2) is 58.0 Å². The summed E-state index contributed by atoms with van der Waals surface area (Å²) in [5, 5.41) is 5.29. The molecule has 40 heavy (non-hydrogen) atoms. The van der Waals surface area contributed by atoms with Crippen molar-refractivity contribution in [2.45, 2.75) is 56.1 Å². The molecule has 0 radical (unpaired) electrons. The number of hydrogen-bond donors (Lipinski definition) is 3. The van der Waals surface area contributed by atoms with Gasteiger partial charge >= 0.3 is 5.97 Å². The molecule has 3 N–H and O–H groups in total. The Kier molecular flexibility index (Phi) is 10.8. The van der Waals surface area contributed by atoms with Gasteiger partial charge in [0.25, 0.3) is 0 Å². The molecule has 4 rings (SSSR count). The zero-order valence-electron chi connectivity index (χ0n) is 22.6. The van der Waals surface area contributed by atoms with Crippen molar-refractivity contribution in [2.75, 3.05) is 13.7 Å². The molecule has 0 spiro atoms. The first kappa shape index (κ1) is 30.8. The third-order valence-electron chi connectivity index (χ3n) is 6.13. The van der Waals surface area contributed by atoms with E-state index < -0.39 is 51.7 Å². The number of fused-ring (bicyclic) bond motifs is 13. The van der Waals surface area contributed by atoms with Gasteiger partial charge in [-0.05, 0) is 67.1 Å². The lowest BCUT2D eigenvalue weighted by molar-refractivity contribution is -0.145. The number of carbonyl (C=O) groups excluding carboxylic acids is 3. The maximum absolute atomic E-state index is 13.5. The normalized spacial score (nSPS) is 20.8. The first-order valence-electron chi connectivity index (χ1n) is 12.8.